The molecule has 0 aromatic carbocycles. The first-order chi connectivity index (χ1) is 7.60. The number of rotatable bonds is 3. The maximum Gasteiger partial charge on any atom is 0.458 e. The second kappa shape index (κ2) is 12.9. The molecule has 1 amide bonds. The Bertz CT molecular complexity index is 277. The maximum atomic E-state index is 9.60. The van der Waals surface area contributed by atoms with Crippen LogP contribution < -0.4 is 5.73 Å². The van der Waals surface area contributed by atoms with E-state index in [1.807, 2.05) is 0 Å². The molecule has 0 aliphatic rings. The fourth-order valence-electron chi connectivity index (χ4n) is 0.142. The van der Waals surface area contributed by atoms with Crippen molar-refractivity contribution in [1.29, 1.82) is 0 Å². The van der Waals surface area contributed by atoms with Crippen molar-refractivity contribution in [1.82, 2.24) is 0 Å². The van der Waals surface area contributed by atoms with Crippen molar-refractivity contribution in [3.8, 4) is 0 Å². The normalized spacial score (nSPS) is 8.88. The van der Waals surface area contributed by atoms with Crippen LogP contribution in [-0.2, 0) is 18.3 Å². The van der Waals surface area contributed by atoms with E-state index >= 15 is 0 Å². The lowest BCUT2D eigenvalue weighted by Crippen LogP contribution is -2.11. The molecule has 0 saturated carbocycles. The third-order valence-corrected chi connectivity index (χ3v) is 2.60. The molecule has 0 aliphatic heterocycles. The minimum atomic E-state index is -4.08. The molecule has 0 aromatic rings. The number of amides is 1. The number of aliphatic carboxylic acids is 1. The van der Waals surface area contributed by atoms with Crippen molar-refractivity contribution in [3.63, 3.8) is 0 Å². The molecule has 0 heterocycles. The Labute approximate surface area is 101 Å². The van der Waals surface area contributed by atoms with Crippen molar-refractivity contribution in [2.45, 2.75) is 6.92 Å². The standard InChI is InChI=1S/C3H7NO2.C3H4O2.H5O4PSi/c1-2-6-3(4)5;1-2-3(4)5;1-5(2,3)4-6/h2H2,1H3,(H2,4,5);2H,1H2,(H,4,5);6H3,(H2,1,2,3). The van der Waals surface area contributed by atoms with Gasteiger partial charge in [-0.2, -0.15) is 0 Å². The Morgan fingerprint density at radius 3 is 1.82 bits per heavy atom. The van der Waals surface area contributed by atoms with Gasteiger partial charge in [0.2, 0.25) is 0 Å². The molecule has 0 bridgehead atoms. The predicted octanol–water partition coefficient (Wildman–Crippen LogP) is -1.27. The predicted molar refractivity (Wildman–Crippen MR) is 62.1 cm³/mol. The smallest absolute Gasteiger partial charge is 0.458 e. The van der Waals surface area contributed by atoms with E-state index in [0.29, 0.717) is 6.61 Å². The van der Waals surface area contributed by atoms with E-state index in [-0.39, 0.29) is 10.5 Å². The molecule has 11 heteroatoms. The van der Waals surface area contributed by atoms with E-state index in [4.69, 9.17) is 14.9 Å². The molecular weight excluding hydrogens is 273 g/mol. The summed E-state index contributed by atoms with van der Waals surface area (Å²) in [7, 11) is -4.00. The molecule has 0 saturated heterocycles. The molecule has 17 heavy (non-hydrogen) atoms. The van der Waals surface area contributed by atoms with Crippen molar-refractivity contribution >= 4 is 30.4 Å². The van der Waals surface area contributed by atoms with E-state index in [2.05, 4.69) is 21.3 Å². The molecule has 0 atom stereocenters. The number of hydrogen-bond acceptors (Lipinski definition) is 5. The van der Waals surface area contributed by atoms with Gasteiger partial charge in [0.15, 0.2) is 10.5 Å². The van der Waals surface area contributed by atoms with Crippen LogP contribution in [0.5, 0.6) is 0 Å². The van der Waals surface area contributed by atoms with E-state index in [9.17, 15) is 14.2 Å². The van der Waals surface area contributed by atoms with E-state index in [1.54, 1.807) is 6.92 Å². The quantitative estimate of drug-likeness (QED) is 0.285. The summed E-state index contributed by atoms with van der Waals surface area (Å²) >= 11 is 0. The van der Waals surface area contributed by atoms with E-state index < -0.39 is 19.9 Å². The van der Waals surface area contributed by atoms with Gasteiger partial charge in [0.05, 0.1) is 6.61 Å². The van der Waals surface area contributed by atoms with Crippen LogP contribution in [0.3, 0.4) is 0 Å². The van der Waals surface area contributed by atoms with Crippen LogP contribution in [0.2, 0.25) is 0 Å². The molecule has 0 aliphatic carbocycles. The Kier molecular flexibility index (Phi) is 16.0. The van der Waals surface area contributed by atoms with Gasteiger partial charge in [0, 0.05) is 6.08 Å². The van der Waals surface area contributed by atoms with Gasteiger partial charge in [-0.15, -0.1) is 0 Å². The third-order valence-electron chi connectivity index (χ3n) is 0.699. The van der Waals surface area contributed by atoms with Gasteiger partial charge < -0.3 is 29.6 Å². The number of nitrogens with two attached hydrogens (primary N) is 1. The maximum absolute atomic E-state index is 9.60. The molecule has 0 radical (unpaired) electrons. The molecule has 0 aromatic heterocycles. The fourth-order valence-corrected chi connectivity index (χ4v) is 0.142. The second-order valence-corrected chi connectivity index (χ2v) is 4.41. The van der Waals surface area contributed by atoms with Gasteiger partial charge in [-0.1, -0.05) is 6.58 Å². The molecule has 0 rings (SSSR count). The minimum Gasteiger partial charge on any atom is -0.478 e. The first-order valence-corrected chi connectivity index (χ1v) is 6.34. The first-order valence-electron chi connectivity index (χ1n) is 3.99. The number of carbonyl (C=O) groups excluding carboxylic acids is 1. The fraction of sp³-hybridized carbons (Fsp3) is 0.333. The number of hydrogen-bond donors (Lipinski definition) is 4. The molecule has 9 nitrogen and oxygen atoms in total. The lowest BCUT2D eigenvalue weighted by molar-refractivity contribution is -0.131. The van der Waals surface area contributed by atoms with E-state index in [0.717, 1.165) is 6.08 Å². The van der Waals surface area contributed by atoms with Crippen LogP contribution in [0.25, 0.3) is 0 Å². The molecular formula is C6H16NO8PSi. The van der Waals surface area contributed by atoms with Crippen molar-refractivity contribution < 1.29 is 38.0 Å². The highest BCUT2D eigenvalue weighted by Crippen LogP contribution is 2.33. The number of primary amides is 1. The summed E-state index contributed by atoms with van der Waals surface area (Å²) in [5.41, 5.74) is 4.54. The Morgan fingerprint density at radius 2 is 1.82 bits per heavy atom. The lowest BCUT2D eigenvalue weighted by atomic mass is 10.7. The van der Waals surface area contributed by atoms with Crippen molar-refractivity contribution in [2.24, 2.45) is 5.73 Å². The summed E-state index contributed by atoms with van der Waals surface area (Å²) in [6.45, 7) is 5.02. The van der Waals surface area contributed by atoms with Crippen molar-refractivity contribution in [3.05, 3.63) is 12.7 Å². The van der Waals surface area contributed by atoms with Gasteiger partial charge in [0.1, 0.15) is 0 Å². The summed E-state index contributed by atoms with van der Waals surface area (Å²) in [6.07, 6.45) is 0.123. The number of ether oxygens (including phenoxy) is 1. The summed E-state index contributed by atoms with van der Waals surface area (Å²) in [5, 5.41) is 7.60. The van der Waals surface area contributed by atoms with Crippen LogP contribution in [0.4, 0.5) is 4.79 Å². The summed E-state index contributed by atoms with van der Waals surface area (Å²) in [4.78, 5) is 34.3. The second-order valence-electron chi connectivity index (χ2n) is 1.97. The summed E-state index contributed by atoms with van der Waals surface area (Å²) in [5.74, 6) is -0.981. The van der Waals surface area contributed by atoms with Gasteiger partial charge in [-0.25, -0.2) is 14.2 Å². The highest BCUT2D eigenvalue weighted by atomic mass is 31.2. The van der Waals surface area contributed by atoms with Gasteiger partial charge in [-0.05, 0) is 6.92 Å². The molecule has 5 N–H and O–H groups in total. The van der Waals surface area contributed by atoms with Crippen LogP contribution in [-0.4, -0.2) is 44.0 Å². The average Bonchev–Trinajstić information content (AvgIpc) is 2.18. The monoisotopic (exact) mass is 289 g/mol. The lowest BCUT2D eigenvalue weighted by Gasteiger charge is -1.94. The zero-order chi connectivity index (χ0) is 14.5. The molecule has 0 spiro atoms. The average molecular weight is 289 g/mol. The largest absolute Gasteiger partial charge is 0.478 e. The topological polar surface area (TPSA) is 156 Å². The van der Waals surface area contributed by atoms with Gasteiger partial charge in [-0.3, -0.25) is 0 Å². The van der Waals surface area contributed by atoms with Crippen LogP contribution in [0.1, 0.15) is 6.92 Å². The Hall–Kier alpha value is -1.19. The van der Waals surface area contributed by atoms with Crippen molar-refractivity contribution in [2.75, 3.05) is 6.61 Å². The van der Waals surface area contributed by atoms with Gasteiger partial charge >= 0.3 is 19.9 Å². The minimum absolute atomic E-state index is 0.0849. The summed E-state index contributed by atoms with van der Waals surface area (Å²) < 4.78 is 17.4. The first kappa shape index (κ1) is 21.1. The molecule has 102 valence electrons. The zero-order valence-electron chi connectivity index (χ0n) is 9.40. The zero-order valence-corrected chi connectivity index (χ0v) is 12.3. The Balaban J connectivity index is -0.000000174. The molecule has 0 unspecified atom stereocenters. The molecule has 0 fully saturated rings. The van der Waals surface area contributed by atoms with Crippen LogP contribution >= 0.6 is 7.82 Å². The third kappa shape index (κ3) is 52.4. The SMILES string of the molecule is C=CC(=O)O.CCOC(N)=O.O=P(O)(O)O[SiH3]. The summed E-state index contributed by atoms with van der Waals surface area (Å²) in [6, 6.07) is 0. The highest BCUT2D eigenvalue weighted by Gasteiger charge is 2.06. The highest BCUT2D eigenvalue weighted by molar-refractivity contribution is 7.47. The van der Waals surface area contributed by atoms with Crippen LogP contribution in [0.15, 0.2) is 12.7 Å². The number of carboxylic acids is 1. The van der Waals surface area contributed by atoms with E-state index in [1.165, 1.54) is 0 Å². The number of carboxylic acid groups (broad SMARTS) is 1. The van der Waals surface area contributed by atoms with Gasteiger partial charge in [0.25, 0.3) is 0 Å². The Morgan fingerprint density at radius 1 is 1.53 bits per heavy atom. The number of carbonyl (C=O) groups is 2. The number of phosphoric acid groups is 1. The van der Waals surface area contributed by atoms with Crippen LogP contribution in [0, 0.1) is 0 Å².